The molecule has 3 rings (SSSR count). The molecule has 1 aliphatic heterocycles. The molecule has 0 amide bonds. The minimum atomic E-state index is -4.66. The van der Waals surface area contributed by atoms with Gasteiger partial charge in [0.2, 0.25) is 0 Å². The van der Waals surface area contributed by atoms with Gasteiger partial charge in [0.25, 0.3) is 0 Å². The van der Waals surface area contributed by atoms with Gasteiger partial charge in [0.1, 0.15) is 5.75 Å². The van der Waals surface area contributed by atoms with Crippen LogP contribution < -0.4 is 4.74 Å². The first-order valence-electron chi connectivity index (χ1n) is 7.16. The molecule has 1 saturated heterocycles. The van der Waals surface area contributed by atoms with E-state index >= 15 is 0 Å². The first-order valence-corrected chi connectivity index (χ1v) is 7.16. The van der Waals surface area contributed by atoms with Crippen LogP contribution in [0.3, 0.4) is 0 Å². The SMILES string of the molecule is FC(F)(F)Oc1ccc2c(ccn2CCN2CCOCC2)c1. The lowest BCUT2D eigenvalue weighted by Crippen LogP contribution is -2.38. The number of hydrogen-bond acceptors (Lipinski definition) is 3. The molecule has 1 aliphatic rings. The lowest BCUT2D eigenvalue weighted by atomic mass is 10.2. The van der Waals surface area contributed by atoms with Crippen molar-refractivity contribution < 1.29 is 22.6 Å². The van der Waals surface area contributed by atoms with Crippen molar-refractivity contribution in [3.8, 4) is 5.75 Å². The zero-order valence-electron chi connectivity index (χ0n) is 12.0. The molecule has 0 atom stereocenters. The number of ether oxygens (including phenoxy) is 2. The van der Waals surface area contributed by atoms with Crippen LogP contribution in [-0.4, -0.2) is 48.7 Å². The Morgan fingerprint density at radius 2 is 1.86 bits per heavy atom. The summed E-state index contributed by atoms with van der Waals surface area (Å²) in [5.74, 6) is -0.189. The van der Waals surface area contributed by atoms with E-state index in [4.69, 9.17) is 4.74 Å². The van der Waals surface area contributed by atoms with Gasteiger partial charge in [-0.2, -0.15) is 0 Å². The molecule has 2 aromatic rings. The Kier molecular flexibility index (Phi) is 4.26. The van der Waals surface area contributed by atoms with Crippen LogP contribution in [0.2, 0.25) is 0 Å². The van der Waals surface area contributed by atoms with E-state index in [-0.39, 0.29) is 5.75 Å². The number of morpholine rings is 1. The van der Waals surface area contributed by atoms with Crippen molar-refractivity contribution >= 4 is 10.9 Å². The van der Waals surface area contributed by atoms with Crippen molar-refractivity contribution in [2.45, 2.75) is 12.9 Å². The summed E-state index contributed by atoms with van der Waals surface area (Å²) in [5.41, 5.74) is 0.905. The molecule has 2 heterocycles. The molecule has 1 aromatic carbocycles. The number of rotatable bonds is 4. The molecule has 120 valence electrons. The summed E-state index contributed by atoms with van der Waals surface area (Å²) >= 11 is 0. The molecular weight excluding hydrogens is 297 g/mol. The Labute approximate surface area is 126 Å². The third-order valence-electron chi connectivity index (χ3n) is 3.74. The number of aromatic nitrogens is 1. The average molecular weight is 314 g/mol. The second-order valence-electron chi connectivity index (χ2n) is 5.23. The van der Waals surface area contributed by atoms with Crippen molar-refractivity contribution in [1.29, 1.82) is 0 Å². The Hall–Kier alpha value is -1.73. The molecule has 0 aliphatic carbocycles. The van der Waals surface area contributed by atoms with Crippen molar-refractivity contribution in [2.75, 3.05) is 32.8 Å². The lowest BCUT2D eigenvalue weighted by molar-refractivity contribution is -0.274. The standard InChI is InChI=1S/C15H17F3N2O2/c16-15(17,18)22-13-1-2-14-12(11-13)3-4-20(14)6-5-19-7-9-21-10-8-19/h1-4,11H,5-10H2. The van der Waals surface area contributed by atoms with Crippen LogP contribution in [0.15, 0.2) is 30.5 Å². The molecular formula is C15H17F3N2O2. The van der Waals surface area contributed by atoms with E-state index in [1.807, 2.05) is 10.8 Å². The van der Waals surface area contributed by atoms with Gasteiger partial charge in [-0.25, -0.2) is 0 Å². The van der Waals surface area contributed by atoms with Gasteiger partial charge in [0, 0.05) is 43.3 Å². The summed E-state index contributed by atoms with van der Waals surface area (Å²) in [6.07, 6.45) is -2.77. The molecule has 0 saturated carbocycles. The lowest BCUT2D eigenvalue weighted by Gasteiger charge is -2.26. The highest BCUT2D eigenvalue weighted by Gasteiger charge is 2.31. The first kappa shape index (κ1) is 15.2. The summed E-state index contributed by atoms with van der Waals surface area (Å²) < 4.78 is 48.0. The number of hydrogen-bond donors (Lipinski definition) is 0. The third-order valence-corrected chi connectivity index (χ3v) is 3.74. The Bertz CT molecular complexity index is 633. The maximum atomic E-state index is 12.2. The van der Waals surface area contributed by atoms with E-state index in [9.17, 15) is 13.2 Å². The first-order chi connectivity index (χ1) is 10.5. The van der Waals surface area contributed by atoms with Crippen LogP contribution >= 0.6 is 0 Å². The summed E-state index contributed by atoms with van der Waals surface area (Å²) in [5, 5.41) is 0.740. The van der Waals surface area contributed by atoms with Crippen molar-refractivity contribution in [3.63, 3.8) is 0 Å². The highest BCUT2D eigenvalue weighted by Crippen LogP contribution is 2.27. The number of benzene rings is 1. The second-order valence-corrected chi connectivity index (χ2v) is 5.23. The Balaban J connectivity index is 1.69. The largest absolute Gasteiger partial charge is 0.573 e. The van der Waals surface area contributed by atoms with E-state index in [0.29, 0.717) is 0 Å². The van der Waals surface area contributed by atoms with Gasteiger partial charge in [-0.1, -0.05) is 0 Å². The van der Waals surface area contributed by atoms with Crippen molar-refractivity contribution in [2.24, 2.45) is 0 Å². The Morgan fingerprint density at radius 3 is 2.59 bits per heavy atom. The quantitative estimate of drug-likeness (QED) is 0.868. The molecule has 4 nitrogen and oxygen atoms in total. The highest BCUT2D eigenvalue weighted by molar-refractivity contribution is 5.81. The molecule has 0 radical (unpaired) electrons. The summed E-state index contributed by atoms with van der Waals surface area (Å²) in [6.45, 7) is 5.04. The summed E-state index contributed by atoms with van der Waals surface area (Å²) in [4.78, 5) is 2.32. The second kappa shape index (κ2) is 6.18. The van der Waals surface area contributed by atoms with Gasteiger partial charge in [0.05, 0.1) is 13.2 Å². The van der Waals surface area contributed by atoms with Crippen LogP contribution in [-0.2, 0) is 11.3 Å². The van der Waals surface area contributed by atoms with Gasteiger partial charge in [-0.3, -0.25) is 4.90 Å². The minimum absolute atomic E-state index is 0.189. The van der Waals surface area contributed by atoms with Gasteiger partial charge in [-0.15, -0.1) is 13.2 Å². The van der Waals surface area contributed by atoms with E-state index in [0.717, 1.165) is 50.3 Å². The van der Waals surface area contributed by atoms with Crippen LogP contribution in [0.1, 0.15) is 0 Å². The van der Waals surface area contributed by atoms with Crippen LogP contribution in [0, 0.1) is 0 Å². The van der Waals surface area contributed by atoms with E-state index in [2.05, 4.69) is 9.64 Å². The van der Waals surface area contributed by atoms with Gasteiger partial charge in [-0.05, 0) is 24.3 Å². The van der Waals surface area contributed by atoms with Gasteiger partial charge in [0.15, 0.2) is 0 Å². The average Bonchev–Trinajstić information content (AvgIpc) is 2.87. The predicted molar refractivity (Wildman–Crippen MR) is 75.9 cm³/mol. The van der Waals surface area contributed by atoms with Crippen LogP contribution in [0.25, 0.3) is 10.9 Å². The number of nitrogens with zero attached hydrogens (tertiary/aromatic N) is 2. The van der Waals surface area contributed by atoms with Crippen LogP contribution in [0.4, 0.5) is 13.2 Å². The maximum Gasteiger partial charge on any atom is 0.573 e. The molecule has 1 fully saturated rings. The maximum absolute atomic E-state index is 12.2. The van der Waals surface area contributed by atoms with E-state index < -0.39 is 6.36 Å². The van der Waals surface area contributed by atoms with Gasteiger partial charge < -0.3 is 14.0 Å². The number of fused-ring (bicyclic) bond motifs is 1. The highest BCUT2D eigenvalue weighted by atomic mass is 19.4. The zero-order chi connectivity index (χ0) is 15.6. The van der Waals surface area contributed by atoms with E-state index in [1.165, 1.54) is 12.1 Å². The summed E-state index contributed by atoms with van der Waals surface area (Å²) in [6, 6.07) is 6.22. The normalized spacial score (nSPS) is 17.0. The predicted octanol–water partition coefficient (Wildman–Crippen LogP) is 2.87. The number of alkyl halides is 3. The summed E-state index contributed by atoms with van der Waals surface area (Å²) in [7, 11) is 0. The third kappa shape index (κ3) is 3.72. The van der Waals surface area contributed by atoms with Crippen molar-refractivity contribution in [1.82, 2.24) is 9.47 Å². The fourth-order valence-corrected chi connectivity index (χ4v) is 2.64. The molecule has 0 bridgehead atoms. The van der Waals surface area contributed by atoms with Crippen molar-refractivity contribution in [3.05, 3.63) is 30.5 Å². The smallest absolute Gasteiger partial charge is 0.406 e. The Morgan fingerprint density at radius 1 is 1.09 bits per heavy atom. The monoisotopic (exact) mass is 314 g/mol. The molecule has 7 heteroatoms. The zero-order valence-corrected chi connectivity index (χ0v) is 12.0. The molecule has 22 heavy (non-hydrogen) atoms. The fraction of sp³-hybridized carbons (Fsp3) is 0.467. The molecule has 0 spiro atoms. The number of halogens is 3. The minimum Gasteiger partial charge on any atom is -0.406 e. The van der Waals surface area contributed by atoms with Crippen LogP contribution in [0.5, 0.6) is 5.75 Å². The fourth-order valence-electron chi connectivity index (χ4n) is 2.64. The molecule has 0 N–H and O–H groups in total. The molecule has 0 unspecified atom stereocenters. The topological polar surface area (TPSA) is 26.6 Å². The van der Waals surface area contributed by atoms with E-state index in [1.54, 1.807) is 12.1 Å². The molecule has 1 aromatic heterocycles. The van der Waals surface area contributed by atoms with Gasteiger partial charge >= 0.3 is 6.36 Å².